The molecule has 0 radical (unpaired) electrons. The molecule has 0 saturated carbocycles. The Balaban J connectivity index is 1.62. The smallest absolute Gasteiger partial charge is 0.270 e. The molecule has 0 saturated heterocycles. The van der Waals surface area contributed by atoms with E-state index in [1.54, 1.807) is 0 Å². The number of amides is 1. The Morgan fingerprint density at radius 1 is 1.33 bits per heavy atom. The van der Waals surface area contributed by atoms with Crippen LogP contribution in [0.4, 0.5) is 0 Å². The largest absolute Gasteiger partial charge is 0.351 e. The molecule has 21 heavy (non-hydrogen) atoms. The standard InChI is InChI=1S/C16H14ClN3O/c17-12-1-2-14-11(7-12)8-15(19-14)16(21)20-6-4-13-10(9-20)3-5-18-13/h1-2,5,7-8,19H,3-4,6,9H2. The average molecular weight is 300 g/mol. The topological polar surface area (TPSA) is 48.5 Å². The van der Waals surface area contributed by atoms with Crippen molar-refractivity contribution < 1.29 is 4.79 Å². The number of carbonyl (C=O) groups excluding carboxylic acids is 1. The zero-order chi connectivity index (χ0) is 14.4. The fourth-order valence-corrected chi connectivity index (χ4v) is 3.17. The van der Waals surface area contributed by atoms with E-state index >= 15 is 0 Å². The van der Waals surface area contributed by atoms with Gasteiger partial charge in [0.15, 0.2) is 0 Å². The maximum Gasteiger partial charge on any atom is 0.270 e. The van der Waals surface area contributed by atoms with Crippen molar-refractivity contribution in [2.45, 2.75) is 12.8 Å². The lowest BCUT2D eigenvalue weighted by Crippen LogP contribution is -2.36. The molecule has 4 nitrogen and oxygen atoms in total. The molecule has 0 aliphatic carbocycles. The molecule has 4 rings (SSSR count). The Morgan fingerprint density at radius 3 is 3.14 bits per heavy atom. The lowest BCUT2D eigenvalue weighted by atomic mass is 10.1. The molecule has 106 valence electrons. The number of halogens is 1. The molecular formula is C16H14ClN3O. The third-order valence-electron chi connectivity index (χ3n) is 4.09. The van der Waals surface area contributed by atoms with Crippen LogP contribution in [-0.2, 0) is 0 Å². The second-order valence-corrected chi connectivity index (χ2v) is 5.89. The van der Waals surface area contributed by atoms with E-state index < -0.39 is 0 Å². The van der Waals surface area contributed by atoms with Crippen LogP contribution in [0.25, 0.3) is 10.9 Å². The summed E-state index contributed by atoms with van der Waals surface area (Å²) in [5, 5.41) is 1.64. The van der Waals surface area contributed by atoms with Crippen LogP contribution < -0.4 is 0 Å². The first-order valence-electron chi connectivity index (χ1n) is 7.02. The molecular weight excluding hydrogens is 286 g/mol. The number of aromatic nitrogens is 1. The number of rotatable bonds is 1. The van der Waals surface area contributed by atoms with Gasteiger partial charge in [-0.25, -0.2) is 0 Å². The predicted octanol–water partition coefficient (Wildman–Crippen LogP) is 3.40. The molecule has 0 fully saturated rings. The van der Waals surface area contributed by atoms with Crippen LogP contribution in [-0.4, -0.2) is 35.1 Å². The van der Waals surface area contributed by atoms with Gasteiger partial charge in [0.05, 0.1) is 0 Å². The van der Waals surface area contributed by atoms with Gasteiger partial charge in [0.25, 0.3) is 5.91 Å². The molecule has 0 atom stereocenters. The molecule has 2 aliphatic heterocycles. The van der Waals surface area contributed by atoms with Gasteiger partial charge >= 0.3 is 0 Å². The third kappa shape index (κ3) is 2.16. The number of benzene rings is 1. The molecule has 2 aliphatic rings. The fourth-order valence-electron chi connectivity index (χ4n) is 2.98. The molecule has 1 N–H and O–H groups in total. The van der Waals surface area contributed by atoms with E-state index in [2.05, 4.69) is 9.98 Å². The Bertz CT molecular complexity index is 803. The Labute approximate surface area is 127 Å². The Kier molecular flexibility index (Phi) is 2.86. The van der Waals surface area contributed by atoms with Gasteiger partial charge in [0.1, 0.15) is 5.69 Å². The maximum absolute atomic E-state index is 12.6. The van der Waals surface area contributed by atoms with Gasteiger partial charge in [-0.3, -0.25) is 9.79 Å². The molecule has 0 unspecified atom stereocenters. The van der Waals surface area contributed by atoms with Crippen molar-refractivity contribution in [3.05, 3.63) is 46.3 Å². The van der Waals surface area contributed by atoms with Crippen LogP contribution in [0.2, 0.25) is 5.02 Å². The van der Waals surface area contributed by atoms with Gasteiger partial charge < -0.3 is 9.88 Å². The first-order chi connectivity index (χ1) is 10.2. The molecule has 1 amide bonds. The maximum atomic E-state index is 12.6. The first-order valence-corrected chi connectivity index (χ1v) is 7.39. The molecule has 5 heteroatoms. The summed E-state index contributed by atoms with van der Waals surface area (Å²) in [4.78, 5) is 22.1. The van der Waals surface area contributed by atoms with E-state index in [0.29, 0.717) is 17.3 Å². The summed E-state index contributed by atoms with van der Waals surface area (Å²) in [6.45, 7) is 1.41. The number of aliphatic imine (C=N–C) groups is 1. The number of carbonyl (C=O) groups is 1. The van der Waals surface area contributed by atoms with Crippen molar-refractivity contribution in [3.63, 3.8) is 0 Å². The van der Waals surface area contributed by atoms with Crippen molar-refractivity contribution in [2.75, 3.05) is 13.1 Å². The number of nitrogens with one attached hydrogen (secondary N) is 1. The summed E-state index contributed by atoms with van der Waals surface area (Å²) >= 11 is 5.99. The number of nitrogens with zero attached hydrogens (tertiary/aromatic N) is 2. The minimum Gasteiger partial charge on any atom is -0.351 e. The van der Waals surface area contributed by atoms with E-state index in [1.807, 2.05) is 35.4 Å². The first kappa shape index (κ1) is 12.7. The van der Waals surface area contributed by atoms with Gasteiger partial charge in [-0.1, -0.05) is 11.6 Å². The molecule has 0 bridgehead atoms. The van der Waals surface area contributed by atoms with Crippen molar-refractivity contribution >= 4 is 34.6 Å². The molecule has 2 aromatic rings. The summed E-state index contributed by atoms with van der Waals surface area (Å²) in [6.07, 6.45) is 3.66. The highest BCUT2D eigenvalue weighted by Gasteiger charge is 2.25. The summed E-state index contributed by atoms with van der Waals surface area (Å²) < 4.78 is 0. The fraction of sp³-hybridized carbons (Fsp3) is 0.250. The minimum atomic E-state index is 0.0424. The van der Waals surface area contributed by atoms with E-state index in [-0.39, 0.29) is 5.91 Å². The van der Waals surface area contributed by atoms with Gasteiger partial charge in [-0.05, 0) is 29.8 Å². The minimum absolute atomic E-state index is 0.0424. The highest BCUT2D eigenvalue weighted by molar-refractivity contribution is 6.31. The normalized spacial score (nSPS) is 17.7. The molecule has 1 aromatic carbocycles. The summed E-state index contributed by atoms with van der Waals surface area (Å²) in [5.41, 5.74) is 4.00. The Hall–Kier alpha value is -2.07. The van der Waals surface area contributed by atoms with Gasteiger partial charge in [0, 0.05) is 53.8 Å². The highest BCUT2D eigenvalue weighted by atomic mass is 35.5. The van der Waals surface area contributed by atoms with Crippen LogP contribution in [0.5, 0.6) is 0 Å². The van der Waals surface area contributed by atoms with Crippen molar-refractivity contribution in [1.29, 1.82) is 0 Å². The molecule has 1 aromatic heterocycles. The predicted molar refractivity (Wildman–Crippen MR) is 84.0 cm³/mol. The zero-order valence-corrected chi connectivity index (χ0v) is 12.2. The number of fused-ring (bicyclic) bond motifs is 1. The summed E-state index contributed by atoms with van der Waals surface area (Å²) in [5.74, 6) is 0.0424. The zero-order valence-electron chi connectivity index (χ0n) is 11.4. The van der Waals surface area contributed by atoms with Crippen LogP contribution in [0.15, 0.2) is 40.5 Å². The second kappa shape index (κ2) is 4.74. The van der Waals surface area contributed by atoms with Gasteiger partial charge in [-0.2, -0.15) is 0 Å². The van der Waals surface area contributed by atoms with Crippen LogP contribution in [0.3, 0.4) is 0 Å². The lowest BCUT2D eigenvalue weighted by Gasteiger charge is -2.27. The van der Waals surface area contributed by atoms with E-state index in [9.17, 15) is 4.79 Å². The van der Waals surface area contributed by atoms with Crippen molar-refractivity contribution in [3.8, 4) is 0 Å². The Morgan fingerprint density at radius 2 is 2.24 bits per heavy atom. The van der Waals surface area contributed by atoms with E-state index in [1.165, 1.54) is 11.3 Å². The highest BCUT2D eigenvalue weighted by Crippen LogP contribution is 2.27. The van der Waals surface area contributed by atoms with Gasteiger partial charge in [0.2, 0.25) is 0 Å². The van der Waals surface area contributed by atoms with E-state index in [0.717, 1.165) is 30.3 Å². The van der Waals surface area contributed by atoms with Crippen LogP contribution in [0, 0.1) is 0 Å². The summed E-state index contributed by atoms with van der Waals surface area (Å²) in [7, 11) is 0. The quantitative estimate of drug-likeness (QED) is 0.862. The number of aromatic amines is 1. The van der Waals surface area contributed by atoms with Crippen molar-refractivity contribution in [2.24, 2.45) is 4.99 Å². The lowest BCUT2D eigenvalue weighted by molar-refractivity contribution is 0.0758. The third-order valence-corrected chi connectivity index (χ3v) is 4.33. The molecule has 3 heterocycles. The number of hydrogen-bond donors (Lipinski definition) is 1. The van der Waals surface area contributed by atoms with Crippen molar-refractivity contribution in [1.82, 2.24) is 9.88 Å². The number of H-pyrrole nitrogens is 1. The second-order valence-electron chi connectivity index (χ2n) is 5.46. The summed E-state index contributed by atoms with van der Waals surface area (Å²) in [6, 6.07) is 7.46. The molecule has 0 spiro atoms. The van der Waals surface area contributed by atoms with E-state index in [4.69, 9.17) is 11.6 Å². The van der Waals surface area contributed by atoms with Gasteiger partial charge in [-0.15, -0.1) is 0 Å². The van der Waals surface area contributed by atoms with Crippen LogP contribution >= 0.6 is 11.6 Å². The SMILES string of the molecule is O=C(c1cc2cc(Cl)ccc2[nH]1)N1CCC2=C(CC=N2)C1. The number of hydrogen-bond acceptors (Lipinski definition) is 2. The monoisotopic (exact) mass is 299 g/mol. The average Bonchev–Trinajstić information content (AvgIpc) is 3.11. The van der Waals surface area contributed by atoms with Crippen LogP contribution in [0.1, 0.15) is 23.3 Å².